The average molecular weight is 342 g/mol. The minimum absolute atomic E-state index is 0.280. The second-order valence-corrected chi connectivity index (χ2v) is 5.78. The van der Waals surface area contributed by atoms with Gasteiger partial charge in [0, 0.05) is 11.2 Å². The highest BCUT2D eigenvalue weighted by Gasteiger charge is 2.17. The lowest BCUT2D eigenvalue weighted by Gasteiger charge is -2.06. The quantitative estimate of drug-likeness (QED) is 0.792. The van der Waals surface area contributed by atoms with E-state index in [1.807, 2.05) is 37.3 Å². The normalized spacial score (nSPS) is 10.6. The van der Waals surface area contributed by atoms with Crippen molar-refractivity contribution in [3.05, 3.63) is 70.3 Å². The number of carbonyl (C=O) groups is 1. The van der Waals surface area contributed by atoms with Gasteiger partial charge in [-0.15, -0.1) is 5.10 Å². The Hall–Kier alpha value is -2.73. The zero-order valence-electron chi connectivity index (χ0n) is 13.3. The first kappa shape index (κ1) is 16.1. The molecule has 2 heterocycles. The van der Waals surface area contributed by atoms with Crippen LogP contribution in [0, 0.1) is 13.8 Å². The van der Waals surface area contributed by atoms with Crippen molar-refractivity contribution >= 4 is 17.5 Å². The van der Waals surface area contributed by atoms with Crippen LogP contribution in [-0.2, 0) is 6.54 Å². The topological polar surface area (TPSA) is 72.7 Å². The van der Waals surface area contributed by atoms with E-state index in [9.17, 15) is 4.79 Å². The summed E-state index contributed by atoms with van der Waals surface area (Å²) in [7, 11) is 0. The molecule has 3 rings (SSSR count). The van der Waals surface area contributed by atoms with Gasteiger partial charge in [0.15, 0.2) is 5.69 Å². The van der Waals surface area contributed by atoms with Crippen LogP contribution in [0.3, 0.4) is 0 Å². The van der Waals surface area contributed by atoms with Crippen molar-refractivity contribution < 1.29 is 4.79 Å². The lowest BCUT2D eigenvalue weighted by molar-refractivity contribution is 0.0944. The molecule has 0 fully saturated rings. The number of aromatic nitrogens is 4. The van der Waals surface area contributed by atoms with E-state index in [0.717, 1.165) is 16.9 Å². The Bertz CT molecular complexity index is 876. The van der Waals surface area contributed by atoms with Crippen molar-refractivity contribution in [1.82, 2.24) is 25.3 Å². The predicted octanol–water partition coefficient (Wildman–Crippen LogP) is 2.86. The maximum absolute atomic E-state index is 12.3. The SMILES string of the molecule is Cc1ccc(-n2nnc(C(=O)NCc3ccccn3)c2C)cc1Cl. The van der Waals surface area contributed by atoms with Gasteiger partial charge < -0.3 is 5.32 Å². The highest BCUT2D eigenvalue weighted by atomic mass is 35.5. The molecule has 1 N–H and O–H groups in total. The van der Waals surface area contributed by atoms with E-state index >= 15 is 0 Å². The maximum atomic E-state index is 12.3. The molecule has 0 aliphatic carbocycles. The van der Waals surface area contributed by atoms with Gasteiger partial charge >= 0.3 is 0 Å². The number of aryl methyl sites for hydroxylation is 1. The Balaban J connectivity index is 1.79. The molecule has 1 aromatic carbocycles. The Kier molecular flexibility index (Phi) is 4.57. The summed E-state index contributed by atoms with van der Waals surface area (Å²) in [5.74, 6) is -0.289. The fourth-order valence-corrected chi connectivity index (χ4v) is 2.43. The molecule has 3 aromatic rings. The third-order valence-corrected chi connectivity index (χ3v) is 4.07. The molecule has 0 bridgehead atoms. The summed E-state index contributed by atoms with van der Waals surface area (Å²) in [5.41, 5.74) is 3.45. The molecule has 0 spiro atoms. The van der Waals surface area contributed by atoms with Crippen molar-refractivity contribution in [2.24, 2.45) is 0 Å². The van der Waals surface area contributed by atoms with Crippen LogP contribution in [0.15, 0.2) is 42.6 Å². The van der Waals surface area contributed by atoms with Crippen molar-refractivity contribution in [2.75, 3.05) is 0 Å². The number of hydrogen-bond donors (Lipinski definition) is 1. The molecule has 0 saturated heterocycles. The van der Waals surface area contributed by atoms with E-state index in [-0.39, 0.29) is 11.6 Å². The zero-order valence-corrected chi connectivity index (χ0v) is 14.1. The van der Waals surface area contributed by atoms with E-state index in [0.29, 0.717) is 17.3 Å². The predicted molar refractivity (Wildman–Crippen MR) is 91.3 cm³/mol. The Morgan fingerprint density at radius 1 is 1.25 bits per heavy atom. The molecule has 0 atom stereocenters. The van der Waals surface area contributed by atoms with E-state index in [1.54, 1.807) is 23.9 Å². The van der Waals surface area contributed by atoms with Crippen LogP contribution >= 0.6 is 11.6 Å². The minimum Gasteiger partial charge on any atom is -0.345 e. The summed E-state index contributed by atoms with van der Waals surface area (Å²) in [6.07, 6.45) is 1.68. The molecular formula is C17H16ClN5O. The molecule has 24 heavy (non-hydrogen) atoms. The van der Waals surface area contributed by atoms with Crippen LogP contribution in [0.2, 0.25) is 5.02 Å². The van der Waals surface area contributed by atoms with E-state index in [1.165, 1.54) is 0 Å². The van der Waals surface area contributed by atoms with E-state index in [4.69, 9.17) is 11.6 Å². The number of amides is 1. The highest BCUT2D eigenvalue weighted by molar-refractivity contribution is 6.31. The van der Waals surface area contributed by atoms with Crippen LogP contribution in [0.25, 0.3) is 5.69 Å². The number of halogens is 1. The van der Waals surface area contributed by atoms with Gasteiger partial charge in [0.25, 0.3) is 5.91 Å². The number of pyridine rings is 1. The number of nitrogens with one attached hydrogen (secondary N) is 1. The molecule has 7 heteroatoms. The molecule has 2 aromatic heterocycles. The molecule has 6 nitrogen and oxygen atoms in total. The molecule has 1 amide bonds. The Labute approximate surface area is 144 Å². The second-order valence-electron chi connectivity index (χ2n) is 5.37. The summed E-state index contributed by atoms with van der Waals surface area (Å²) in [4.78, 5) is 16.5. The Morgan fingerprint density at radius 2 is 2.08 bits per heavy atom. The second kappa shape index (κ2) is 6.80. The first-order chi connectivity index (χ1) is 11.6. The largest absolute Gasteiger partial charge is 0.345 e. The van der Waals surface area contributed by atoms with Crippen LogP contribution in [0.5, 0.6) is 0 Å². The number of nitrogens with zero attached hydrogens (tertiary/aromatic N) is 4. The lowest BCUT2D eigenvalue weighted by Crippen LogP contribution is -2.24. The number of hydrogen-bond acceptors (Lipinski definition) is 4. The summed E-state index contributed by atoms with van der Waals surface area (Å²) < 4.78 is 1.60. The van der Waals surface area contributed by atoms with Crippen molar-refractivity contribution in [3.63, 3.8) is 0 Å². The van der Waals surface area contributed by atoms with Gasteiger partial charge in [-0.2, -0.15) is 0 Å². The maximum Gasteiger partial charge on any atom is 0.274 e. The van der Waals surface area contributed by atoms with Gasteiger partial charge in [0.2, 0.25) is 0 Å². The van der Waals surface area contributed by atoms with Gasteiger partial charge in [-0.05, 0) is 43.7 Å². The molecule has 0 radical (unpaired) electrons. The van der Waals surface area contributed by atoms with Crippen molar-refractivity contribution in [2.45, 2.75) is 20.4 Å². The highest BCUT2D eigenvalue weighted by Crippen LogP contribution is 2.20. The van der Waals surface area contributed by atoms with Gasteiger partial charge in [-0.3, -0.25) is 9.78 Å². The van der Waals surface area contributed by atoms with Crippen LogP contribution in [-0.4, -0.2) is 25.9 Å². The molecule has 0 saturated carbocycles. The van der Waals surface area contributed by atoms with Crippen LogP contribution < -0.4 is 5.32 Å². The number of rotatable bonds is 4. The zero-order chi connectivity index (χ0) is 17.1. The fraction of sp³-hybridized carbons (Fsp3) is 0.176. The summed E-state index contributed by atoms with van der Waals surface area (Å²) in [6, 6.07) is 11.1. The third-order valence-electron chi connectivity index (χ3n) is 3.67. The van der Waals surface area contributed by atoms with Gasteiger partial charge in [0.1, 0.15) is 0 Å². The Morgan fingerprint density at radius 3 is 2.79 bits per heavy atom. The summed E-state index contributed by atoms with van der Waals surface area (Å²) in [6.45, 7) is 4.06. The first-order valence-electron chi connectivity index (χ1n) is 7.43. The first-order valence-corrected chi connectivity index (χ1v) is 7.81. The summed E-state index contributed by atoms with van der Waals surface area (Å²) >= 11 is 6.16. The molecule has 122 valence electrons. The van der Waals surface area contributed by atoms with Crippen molar-refractivity contribution in [3.8, 4) is 5.69 Å². The molecule has 0 aliphatic rings. The fourth-order valence-electron chi connectivity index (χ4n) is 2.25. The van der Waals surface area contributed by atoms with Crippen LogP contribution in [0.4, 0.5) is 0 Å². The number of benzene rings is 1. The summed E-state index contributed by atoms with van der Waals surface area (Å²) in [5, 5.41) is 11.5. The average Bonchev–Trinajstić information content (AvgIpc) is 2.98. The smallest absolute Gasteiger partial charge is 0.274 e. The van der Waals surface area contributed by atoms with Gasteiger partial charge in [-0.1, -0.05) is 28.9 Å². The standard InChI is InChI=1S/C17H16ClN5O/c1-11-6-7-14(9-15(11)18)23-12(2)16(21-22-23)17(24)20-10-13-5-3-4-8-19-13/h3-9H,10H2,1-2H3,(H,20,24). The van der Waals surface area contributed by atoms with Crippen molar-refractivity contribution in [1.29, 1.82) is 0 Å². The molecule has 0 unspecified atom stereocenters. The third kappa shape index (κ3) is 3.28. The lowest BCUT2D eigenvalue weighted by atomic mass is 10.2. The number of carbonyl (C=O) groups excluding carboxylic acids is 1. The monoisotopic (exact) mass is 341 g/mol. The van der Waals surface area contributed by atoms with Gasteiger partial charge in [-0.25, -0.2) is 4.68 Å². The van der Waals surface area contributed by atoms with E-state index < -0.39 is 0 Å². The van der Waals surface area contributed by atoms with Crippen LogP contribution in [0.1, 0.15) is 27.4 Å². The minimum atomic E-state index is -0.289. The van der Waals surface area contributed by atoms with E-state index in [2.05, 4.69) is 20.6 Å². The molecule has 0 aliphatic heterocycles. The van der Waals surface area contributed by atoms with Gasteiger partial charge in [0.05, 0.1) is 23.6 Å². The molecular weight excluding hydrogens is 326 g/mol.